The number of hydrogen-bond donors (Lipinski definition) is 0. The van der Waals surface area contributed by atoms with Crippen molar-refractivity contribution in [2.24, 2.45) is 0 Å². The lowest BCUT2D eigenvalue weighted by Gasteiger charge is -2.28. The van der Waals surface area contributed by atoms with E-state index in [-0.39, 0.29) is 11.9 Å². The van der Waals surface area contributed by atoms with Gasteiger partial charge in [0.15, 0.2) is 0 Å². The molecular formula is C101H97BrO6P4. The number of methoxy groups -OCH3 is 2. The van der Waals surface area contributed by atoms with Gasteiger partial charge in [-0.25, -0.2) is 9.59 Å². The van der Waals surface area contributed by atoms with Crippen LogP contribution in [0.3, 0.4) is 0 Å². The van der Waals surface area contributed by atoms with Crippen molar-refractivity contribution in [3.8, 4) is 11.5 Å². The highest BCUT2D eigenvalue weighted by atomic mass is 79.9. The predicted octanol–water partition coefficient (Wildman–Crippen LogP) is 20.6. The summed E-state index contributed by atoms with van der Waals surface area (Å²) >= 11 is 3.42. The van der Waals surface area contributed by atoms with Crippen LogP contribution in [0.2, 0.25) is 0 Å². The molecule has 2 aliphatic rings. The molecule has 0 N–H and O–H groups in total. The third-order valence-electron chi connectivity index (χ3n) is 19.2. The number of benzene rings is 14. The molecule has 14 aromatic rings. The molecule has 2 aliphatic carbocycles. The fourth-order valence-electron chi connectivity index (χ4n) is 13.7. The Morgan fingerprint density at radius 2 is 0.438 bits per heavy atom. The zero-order chi connectivity index (χ0) is 78.0. The minimum Gasteiger partial charge on any atom is -0.475 e. The third kappa shape index (κ3) is 23.5. The molecule has 0 atom stereocenters. The van der Waals surface area contributed by atoms with E-state index >= 15 is 0 Å². The summed E-state index contributed by atoms with van der Waals surface area (Å²) in [6, 6.07) is 141. The molecule has 14 aromatic carbocycles. The molecule has 2 saturated carbocycles. The van der Waals surface area contributed by atoms with E-state index in [9.17, 15) is 9.59 Å². The zero-order valence-corrected chi connectivity index (χ0v) is 69.5. The monoisotopic (exact) mass is 1610 g/mol. The molecule has 0 heterocycles. The normalized spacial score (nSPS) is 12.8. The van der Waals surface area contributed by atoms with Crippen LogP contribution in [0.25, 0.3) is 0 Å². The van der Waals surface area contributed by atoms with E-state index in [0.29, 0.717) is 0 Å². The molecular weight excluding hydrogens is 1510 g/mol. The molecule has 2 fully saturated rings. The van der Waals surface area contributed by atoms with Gasteiger partial charge in [0.1, 0.15) is 11.5 Å². The van der Waals surface area contributed by atoms with Gasteiger partial charge >= 0.3 is 11.9 Å². The number of carbonyl (C=O) groups is 2. The minimum absolute atomic E-state index is 0.250. The molecule has 0 unspecified atom stereocenters. The summed E-state index contributed by atoms with van der Waals surface area (Å²) in [5.41, 5.74) is 1.71. The fourth-order valence-corrected chi connectivity index (χ4v) is 23.4. The van der Waals surface area contributed by atoms with Gasteiger partial charge < -0.3 is 18.9 Å². The van der Waals surface area contributed by atoms with Crippen LogP contribution in [0.4, 0.5) is 0 Å². The van der Waals surface area contributed by atoms with Crippen molar-refractivity contribution in [1.29, 1.82) is 0 Å². The zero-order valence-electron chi connectivity index (χ0n) is 64.4. The minimum atomic E-state index is -0.784. The van der Waals surface area contributed by atoms with Crippen molar-refractivity contribution in [2.45, 2.75) is 83.3 Å². The molecule has 0 saturated heterocycles. The van der Waals surface area contributed by atoms with Gasteiger partial charge in [0.2, 0.25) is 11.2 Å². The molecule has 0 bridgehead atoms. The summed E-state index contributed by atoms with van der Waals surface area (Å²) in [7, 11) is 1.06. The second kappa shape index (κ2) is 43.6. The summed E-state index contributed by atoms with van der Waals surface area (Å²) < 4.78 is 22.8. The van der Waals surface area contributed by atoms with Crippen LogP contribution in [0.1, 0.15) is 68.1 Å². The Bertz CT molecular complexity index is 4100. The van der Waals surface area contributed by atoms with E-state index in [2.05, 4.69) is 386 Å². The SMILES string of the molecule is COC(=O)C1(Oc2ccc(Br)cc2C)CCCC1.COC(=O)C1(Oc2ccc(C)cc2C)CCCC1.c1ccc(P(c2ccccc2)c2ccccc2)cc1.c1ccc(P(c2ccccc2)c2ccccc2)cc1.c1ccc(P(c2ccccc2)c2ccccc2)cc1.c1ccc(P(c2ccccc2)c2ccccc2)cc1. The number of esters is 2. The van der Waals surface area contributed by atoms with Crippen LogP contribution in [-0.2, 0) is 19.1 Å². The van der Waals surface area contributed by atoms with E-state index in [4.69, 9.17) is 18.9 Å². The van der Waals surface area contributed by atoms with Gasteiger partial charge in [0.05, 0.1) is 14.2 Å². The average molecular weight is 1610 g/mol. The summed E-state index contributed by atoms with van der Waals surface area (Å²) in [5, 5.41) is 16.8. The van der Waals surface area contributed by atoms with E-state index in [1.807, 2.05) is 51.1 Å². The van der Waals surface area contributed by atoms with Crippen molar-refractivity contribution in [3.63, 3.8) is 0 Å². The molecule has 6 nitrogen and oxygen atoms in total. The summed E-state index contributed by atoms with van der Waals surface area (Å²) in [6.07, 6.45) is 6.99. The third-order valence-corrected chi connectivity index (χ3v) is 29.5. The van der Waals surface area contributed by atoms with Crippen LogP contribution in [0.15, 0.2) is 405 Å². The Kier molecular flexibility index (Phi) is 32.2. The van der Waals surface area contributed by atoms with Crippen molar-refractivity contribution < 1.29 is 28.5 Å². The van der Waals surface area contributed by atoms with Gasteiger partial charge in [-0.15, -0.1) is 0 Å². The quantitative estimate of drug-likeness (QED) is 0.0630. The summed E-state index contributed by atoms with van der Waals surface area (Å²) in [4.78, 5) is 23.9. The van der Waals surface area contributed by atoms with Crippen molar-refractivity contribution in [2.75, 3.05) is 14.2 Å². The largest absolute Gasteiger partial charge is 0.475 e. The van der Waals surface area contributed by atoms with Gasteiger partial charge in [-0.05, 0) is 203 Å². The molecule has 0 aliphatic heterocycles. The number of hydrogen-bond acceptors (Lipinski definition) is 6. The average Bonchev–Trinajstić information content (AvgIpc) is 1.62. The first-order chi connectivity index (χ1) is 54.9. The molecule has 11 heteroatoms. The second-order valence-corrected chi connectivity index (χ2v) is 36.9. The maximum Gasteiger partial charge on any atom is 0.350 e. The van der Waals surface area contributed by atoms with Crippen LogP contribution >= 0.6 is 47.6 Å². The molecule has 0 amide bonds. The van der Waals surface area contributed by atoms with Gasteiger partial charge in [-0.3, -0.25) is 0 Å². The predicted molar refractivity (Wildman–Crippen MR) is 483 cm³/mol. The van der Waals surface area contributed by atoms with Crippen molar-refractivity contribution >= 4 is 123 Å². The van der Waals surface area contributed by atoms with Gasteiger partial charge in [-0.2, -0.15) is 0 Å². The standard InChI is InChI=1S/4C18H15P.C15H20O3.C14H17BrO3/c4*1-4-10-16(11-5-1)19(17-12-6-2-7-13-17)18-14-8-3-9-15-18;1-11-6-7-13(12(2)10-11)18-15(14(16)17-3)8-4-5-9-15;1-10-9-11(15)5-6-12(10)18-14(13(16)17-2)7-3-4-8-14/h4*1-15H;6-7,10H,4-5,8-9H2,1-3H3;5-6,9H,3-4,7-8H2,1-2H3. The van der Waals surface area contributed by atoms with E-state index in [1.165, 1.54) is 83.4 Å². The molecule has 112 heavy (non-hydrogen) atoms. The molecule has 0 radical (unpaired) electrons. The van der Waals surface area contributed by atoms with E-state index < -0.39 is 42.9 Å². The lowest BCUT2D eigenvalue weighted by Crippen LogP contribution is -2.42. The van der Waals surface area contributed by atoms with Crippen molar-refractivity contribution in [3.05, 3.63) is 422 Å². The lowest BCUT2D eigenvalue weighted by atomic mass is 10.0. The number of rotatable bonds is 18. The van der Waals surface area contributed by atoms with E-state index in [1.54, 1.807) is 0 Å². The number of aryl methyl sites for hydroxylation is 3. The number of carbonyl (C=O) groups excluding carboxylic acids is 2. The first-order valence-electron chi connectivity index (χ1n) is 38.1. The Labute approximate surface area is 677 Å². The molecule has 16 rings (SSSR count). The van der Waals surface area contributed by atoms with Crippen LogP contribution < -0.4 is 73.1 Å². The smallest absolute Gasteiger partial charge is 0.350 e. The summed E-state index contributed by atoms with van der Waals surface area (Å²) in [6.45, 7) is 6.02. The van der Waals surface area contributed by atoms with Crippen molar-refractivity contribution in [1.82, 2.24) is 0 Å². The number of halogens is 1. The van der Waals surface area contributed by atoms with Crippen LogP contribution in [-0.4, -0.2) is 37.4 Å². The van der Waals surface area contributed by atoms with Gasteiger partial charge in [0, 0.05) is 4.47 Å². The maximum absolute atomic E-state index is 12.0. The Morgan fingerprint density at radius 1 is 0.259 bits per heavy atom. The van der Waals surface area contributed by atoms with E-state index in [0.717, 1.165) is 78.5 Å². The molecule has 0 aromatic heterocycles. The van der Waals surface area contributed by atoms with Crippen LogP contribution in [0.5, 0.6) is 11.5 Å². The second-order valence-electron chi connectivity index (χ2n) is 27.1. The highest BCUT2D eigenvalue weighted by molar-refractivity contribution is 9.10. The Balaban J connectivity index is 0.000000133. The first-order valence-corrected chi connectivity index (χ1v) is 44.3. The lowest BCUT2D eigenvalue weighted by molar-refractivity contribution is -0.159. The topological polar surface area (TPSA) is 71.1 Å². The first kappa shape index (κ1) is 82.8. The molecule has 0 spiro atoms. The highest BCUT2D eigenvalue weighted by Gasteiger charge is 2.46. The maximum atomic E-state index is 12.0. The molecule has 564 valence electrons. The Morgan fingerprint density at radius 3 is 0.607 bits per heavy atom. The Hall–Kier alpha value is -10.2. The summed E-state index contributed by atoms with van der Waals surface area (Å²) in [5.74, 6) is 1.03. The fraction of sp³-hybridized carbons (Fsp3) is 0.149. The van der Waals surface area contributed by atoms with Crippen LogP contribution in [0, 0.1) is 20.8 Å². The highest BCUT2D eigenvalue weighted by Crippen LogP contribution is 2.40. The van der Waals surface area contributed by atoms with Gasteiger partial charge in [0.25, 0.3) is 0 Å². The van der Waals surface area contributed by atoms with Gasteiger partial charge in [-0.1, -0.05) is 398 Å². The number of ether oxygens (including phenoxy) is 4.